The maximum absolute atomic E-state index is 13.0. The Morgan fingerprint density at radius 2 is 2.16 bits per heavy atom. The minimum Gasteiger partial charge on any atom is -0.347 e. The number of fused-ring (bicyclic) bond motifs is 1. The summed E-state index contributed by atoms with van der Waals surface area (Å²) in [4.78, 5) is 14.2. The number of halogens is 3. The molecule has 3 nitrogen and oxygen atoms in total. The fraction of sp³-hybridized carbons (Fsp3) is 0.421. The first-order valence-corrected chi connectivity index (χ1v) is 8.46. The van der Waals surface area contributed by atoms with Crippen LogP contribution in [0, 0.1) is 5.92 Å². The van der Waals surface area contributed by atoms with Crippen molar-refractivity contribution in [2.24, 2.45) is 5.92 Å². The molecule has 6 heteroatoms. The summed E-state index contributed by atoms with van der Waals surface area (Å²) in [6.07, 6.45) is -0.311. The molecule has 25 heavy (non-hydrogen) atoms. The maximum atomic E-state index is 13.0. The van der Waals surface area contributed by atoms with E-state index in [-0.39, 0.29) is 18.9 Å². The lowest BCUT2D eigenvalue weighted by atomic mass is 9.97. The van der Waals surface area contributed by atoms with E-state index in [2.05, 4.69) is 6.58 Å². The normalized spacial score (nSPS) is 18.6. The van der Waals surface area contributed by atoms with E-state index in [1.54, 1.807) is 12.3 Å². The number of benzene rings is 1. The topological polar surface area (TPSA) is 25.2 Å². The van der Waals surface area contributed by atoms with Crippen LogP contribution in [0.15, 0.2) is 31.0 Å². The molecule has 1 aromatic heterocycles. The SMILES string of the molecule is C=Cc1ccc2c(C(=O)N3CCCC(C(F)(F)F)C3)cn(CC)c2c1. The molecule has 1 saturated heterocycles. The Morgan fingerprint density at radius 1 is 1.40 bits per heavy atom. The van der Waals surface area contributed by atoms with Gasteiger partial charge < -0.3 is 9.47 Å². The number of aryl methyl sites for hydroxylation is 1. The molecule has 0 spiro atoms. The van der Waals surface area contributed by atoms with Gasteiger partial charge in [-0.05, 0) is 31.4 Å². The molecule has 0 radical (unpaired) electrons. The Labute approximate surface area is 144 Å². The molecule has 1 aliphatic heterocycles. The van der Waals surface area contributed by atoms with E-state index < -0.39 is 12.1 Å². The predicted octanol–water partition coefficient (Wildman–Crippen LogP) is 4.72. The highest BCUT2D eigenvalue weighted by Gasteiger charge is 2.43. The first-order chi connectivity index (χ1) is 11.8. The van der Waals surface area contributed by atoms with Gasteiger partial charge in [0.2, 0.25) is 0 Å². The molecule has 0 saturated carbocycles. The summed E-state index contributed by atoms with van der Waals surface area (Å²) in [7, 11) is 0. The number of nitrogens with zero attached hydrogens (tertiary/aromatic N) is 2. The Morgan fingerprint density at radius 3 is 2.80 bits per heavy atom. The summed E-state index contributed by atoms with van der Waals surface area (Å²) in [5.74, 6) is -1.76. The first-order valence-electron chi connectivity index (χ1n) is 8.46. The quantitative estimate of drug-likeness (QED) is 0.786. The molecule has 1 aliphatic rings. The van der Waals surface area contributed by atoms with Crippen molar-refractivity contribution in [3.05, 3.63) is 42.1 Å². The fourth-order valence-corrected chi connectivity index (χ4v) is 3.47. The van der Waals surface area contributed by atoms with Crippen LogP contribution in [0.25, 0.3) is 17.0 Å². The fourth-order valence-electron chi connectivity index (χ4n) is 3.47. The number of carbonyl (C=O) groups is 1. The molecule has 1 atom stereocenters. The van der Waals surface area contributed by atoms with Gasteiger partial charge in [-0.3, -0.25) is 4.79 Å². The van der Waals surface area contributed by atoms with Crippen molar-refractivity contribution >= 4 is 22.9 Å². The Bertz CT molecular complexity index is 807. The number of alkyl halides is 3. The zero-order valence-electron chi connectivity index (χ0n) is 14.1. The zero-order valence-corrected chi connectivity index (χ0v) is 14.1. The molecule has 2 heterocycles. The van der Waals surface area contributed by atoms with Gasteiger partial charge in [-0.2, -0.15) is 13.2 Å². The smallest absolute Gasteiger partial charge is 0.347 e. The molecule has 1 aromatic carbocycles. The molecular weight excluding hydrogens is 329 g/mol. The number of hydrogen-bond acceptors (Lipinski definition) is 1. The van der Waals surface area contributed by atoms with Crippen molar-refractivity contribution in [3.8, 4) is 0 Å². The highest BCUT2D eigenvalue weighted by molar-refractivity contribution is 6.07. The molecular formula is C19H21F3N2O. The molecule has 1 unspecified atom stereocenters. The number of hydrogen-bond donors (Lipinski definition) is 0. The first kappa shape index (κ1) is 17.6. The van der Waals surface area contributed by atoms with E-state index in [9.17, 15) is 18.0 Å². The summed E-state index contributed by atoms with van der Waals surface area (Å²) < 4.78 is 41.0. The summed E-state index contributed by atoms with van der Waals surface area (Å²) in [5.41, 5.74) is 2.30. The van der Waals surface area contributed by atoms with Gasteiger partial charge in [0.15, 0.2) is 0 Å². The lowest BCUT2D eigenvalue weighted by Crippen LogP contribution is -2.44. The third-order valence-corrected chi connectivity index (χ3v) is 4.88. The number of carbonyl (C=O) groups excluding carboxylic acids is 1. The number of likely N-dealkylation sites (tertiary alicyclic amines) is 1. The molecule has 1 fully saturated rings. The van der Waals surface area contributed by atoms with E-state index in [0.717, 1.165) is 16.5 Å². The van der Waals surface area contributed by atoms with Crippen LogP contribution < -0.4 is 0 Å². The van der Waals surface area contributed by atoms with Crippen LogP contribution in [0.2, 0.25) is 0 Å². The van der Waals surface area contributed by atoms with E-state index in [0.29, 0.717) is 25.1 Å². The largest absolute Gasteiger partial charge is 0.393 e. The second-order valence-corrected chi connectivity index (χ2v) is 6.44. The van der Waals surface area contributed by atoms with Crippen LogP contribution in [0.3, 0.4) is 0 Å². The van der Waals surface area contributed by atoms with Gasteiger partial charge in [0, 0.05) is 36.7 Å². The molecule has 0 bridgehead atoms. The van der Waals surface area contributed by atoms with Crippen LogP contribution in [-0.4, -0.2) is 34.6 Å². The van der Waals surface area contributed by atoms with Crippen molar-refractivity contribution in [2.45, 2.75) is 32.5 Å². The van der Waals surface area contributed by atoms with Gasteiger partial charge in [0.05, 0.1) is 11.5 Å². The second-order valence-electron chi connectivity index (χ2n) is 6.44. The number of piperidine rings is 1. The molecule has 3 rings (SSSR count). The van der Waals surface area contributed by atoms with Crippen molar-refractivity contribution in [2.75, 3.05) is 13.1 Å². The van der Waals surface area contributed by atoms with Gasteiger partial charge in [0.1, 0.15) is 0 Å². The van der Waals surface area contributed by atoms with Crippen molar-refractivity contribution in [3.63, 3.8) is 0 Å². The lowest BCUT2D eigenvalue weighted by molar-refractivity contribution is -0.184. The zero-order chi connectivity index (χ0) is 18.2. The van der Waals surface area contributed by atoms with E-state index in [1.165, 1.54) is 4.90 Å². The highest BCUT2D eigenvalue weighted by Crippen LogP contribution is 2.34. The van der Waals surface area contributed by atoms with Gasteiger partial charge in [-0.25, -0.2) is 0 Å². The van der Waals surface area contributed by atoms with Crippen molar-refractivity contribution < 1.29 is 18.0 Å². The number of rotatable bonds is 3. The molecule has 0 aliphatic carbocycles. The molecule has 0 N–H and O–H groups in total. The van der Waals surface area contributed by atoms with E-state index in [1.807, 2.05) is 29.7 Å². The Kier molecular flexibility index (Phi) is 4.62. The van der Waals surface area contributed by atoms with Crippen LogP contribution >= 0.6 is 0 Å². The minimum atomic E-state index is -4.25. The van der Waals surface area contributed by atoms with Gasteiger partial charge in [-0.15, -0.1) is 0 Å². The Balaban J connectivity index is 1.95. The average molecular weight is 350 g/mol. The lowest BCUT2D eigenvalue weighted by Gasteiger charge is -2.33. The third kappa shape index (κ3) is 3.30. The molecule has 1 amide bonds. The van der Waals surface area contributed by atoms with Gasteiger partial charge in [-0.1, -0.05) is 24.8 Å². The van der Waals surface area contributed by atoms with Gasteiger partial charge >= 0.3 is 6.18 Å². The molecule has 134 valence electrons. The highest BCUT2D eigenvalue weighted by atomic mass is 19.4. The third-order valence-electron chi connectivity index (χ3n) is 4.88. The van der Waals surface area contributed by atoms with Crippen LogP contribution in [0.4, 0.5) is 13.2 Å². The maximum Gasteiger partial charge on any atom is 0.393 e. The van der Waals surface area contributed by atoms with Crippen LogP contribution in [0.1, 0.15) is 35.7 Å². The van der Waals surface area contributed by atoms with Crippen molar-refractivity contribution in [1.29, 1.82) is 0 Å². The van der Waals surface area contributed by atoms with Gasteiger partial charge in [0.25, 0.3) is 5.91 Å². The summed E-state index contributed by atoms with van der Waals surface area (Å²) in [5, 5.41) is 0.770. The summed E-state index contributed by atoms with van der Waals surface area (Å²) >= 11 is 0. The monoisotopic (exact) mass is 350 g/mol. The van der Waals surface area contributed by atoms with Crippen LogP contribution in [0.5, 0.6) is 0 Å². The minimum absolute atomic E-state index is 0.0900. The molecule has 2 aromatic rings. The standard InChI is InChI=1S/C19H21F3N2O/c1-3-13-7-8-15-16(12-23(4-2)17(15)10-13)18(25)24-9-5-6-14(11-24)19(20,21)22/h3,7-8,10,12,14H,1,4-6,9,11H2,2H3. The predicted molar refractivity (Wildman–Crippen MR) is 92.4 cm³/mol. The summed E-state index contributed by atoms with van der Waals surface area (Å²) in [6, 6.07) is 5.65. The number of amides is 1. The Hall–Kier alpha value is -2.24. The average Bonchev–Trinajstić information content (AvgIpc) is 2.98. The second kappa shape index (κ2) is 6.58. The van der Waals surface area contributed by atoms with E-state index in [4.69, 9.17) is 0 Å². The van der Waals surface area contributed by atoms with E-state index >= 15 is 0 Å². The van der Waals surface area contributed by atoms with Crippen molar-refractivity contribution in [1.82, 2.24) is 9.47 Å². The summed E-state index contributed by atoms with van der Waals surface area (Å²) in [6.45, 7) is 6.50. The van der Waals surface area contributed by atoms with Crippen LogP contribution in [-0.2, 0) is 6.54 Å². The number of aromatic nitrogens is 1.